The number of nitrogens with one attached hydrogen (secondary N) is 1. The van der Waals surface area contributed by atoms with Crippen LogP contribution in [-0.2, 0) is 9.73 Å². The van der Waals surface area contributed by atoms with E-state index in [1.165, 1.54) is 18.4 Å². The zero-order valence-corrected chi connectivity index (χ0v) is 7.67. The Morgan fingerprint density at radius 3 is 2.54 bits per heavy atom. The van der Waals surface area contributed by atoms with Gasteiger partial charge in [0.15, 0.2) is 0 Å². The Morgan fingerprint density at radius 1 is 1.62 bits per heavy atom. The lowest BCUT2D eigenvalue weighted by atomic mass is 10.4. The van der Waals surface area contributed by atoms with Crippen molar-refractivity contribution < 1.29 is 14.1 Å². The standard InChI is InChI=1S/C7H8N2O3S/c1-13(8,12)5-2-3-6(7(10)11)9-4-5/h2-4,8H,1H3,(H,10,11). The summed E-state index contributed by atoms with van der Waals surface area (Å²) >= 11 is 0. The monoisotopic (exact) mass is 200 g/mol. The highest BCUT2D eigenvalue weighted by molar-refractivity contribution is 7.91. The lowest BCUT2D eigenvalue weighted by Crippen LogP contribution is -2.02. The van der Waals surface area contributed by atoms with Crippen molar-refractivity contribution in [2.75, 3.05) is 6.26 Å². The van der Waals surface area contributed by atoms with Crippen LogP contribution in [0.15, 0.2) is 23.2 Å². The number of aromatic nitrogens is 1. The molecular weight excluding hydrogens is 192 g/mol. The van der Waals surface area contributed by atoms with Crippen molar-refractivity contribution in [3.63, 3.8) is 0 Å². The van der Waals surface area contributed by atoms with E-state index < -0.39 is 15.7 Å². The molecule has 0 fully saturated rings. The van der Waals surface area contributed by atoms with Crippen LogP contribution in [0.1, 0.15) is 10.5 Å². The number of carboxylic acid groups (broad SMARTS) is 1. The molecule has 0 aliphatic rings. The predicted molar refractivity (Wildman–Crippen MR) is 46.2 cm³/mol. The molecule has 2 N–H and O–H groups in total. The maximum absolute atomic E-state index is 11.1. The third-order valence-corrected chi connectivity index (χ3v) is 2.55. The summed E-state index contributed by atoms with van der Waals surface area (Å²) in [5.74, 6) is -1.14. The molecule has 5 nitrogen and oxygen atoms in total. The molecule has 0 aromatic carbocycles. The van der Waals surface area contributed by atoms with E-state index in [9.17, 15) is 9.00 Å². The van der Waals surface area contributed by atoms with Gasteiger partial charge < -0.3 is 5.11 Å². The summed E-state index contributed by atoms with van der Waals surface area (Å²) in [6.07, 6.45) is 2.41. The topological polar surface area (TPSA) is 91.1 Å². The molecule has 1 unspecified atom stereocenters. The van der Waals surface area contributed by atoms with Crippen LogP contribution < -0.4 is 0 Å². The Morgan fingerprint density at radius 2 is 2.23 bits per heavy atom. The molecular formula is C7H8N2O3S. The second-order valence-electron chi connectivity index (χ2n) is 2.53. The normalized spacial score (nSPS) is 14.8. The van der Waals surface area contributed by atoms with E-state index in [1.54, 1.807) is 0 Å². The summed E-state index contributed by atoms with van der Waals surface area (Å²) in [7, 11) is -2.80. The van der Waals surface area contributed by atoms with Crippen molar-refractivity contribution in [1.29, 1.82) is 4.78 Å². The van der Waals surface area contributed by atoms with Gasteiger partial charge in [0.25, 0.3) is 0 Å². The quantitative estimate of drug-likeness (QED) is 0.739. The second kappa shape index (κ2) is 3.14. The maximum Gasteiger partial charge on any atom is 0.354 e. The first-order valence-corrected chi connectivity index (χ1v) is 5.31. The fourth-order valence-electron chi connectivity index (χ4n) is 0.737. The number of carbonyl (C=O) groups is 1. The highest BCUT2D eigenvalue weighted by Crippen LogP contribution is 2.07. The van der Waals surface area contributed by atoms with Crippen LogP contribution in [0.25, 0.3) is 0 Å². The second-order valence-corrected chi connectivity index (χ2v) is 4.69. The molecule has 0 saturated heterocycles. The van der Waals surface area contributed by atoms with Gasteiger partial charge in [-0.2, -0.15) is 0 Å². The van der Waals surface area contributed by atoms with Crippen molar-refractivity contribution in [3.05, 3.63) is 24.0 Å². The van der Waals surface area contributed by atoms with E-state index in [4.69, 9.17) is 9.89 Å². The molecule has 1 atom stereocenters. The molecule has 0 aliphatic heterocycles. The van der Waals surface area contributed by atoms with Gasteiger partial charge in [0.05, 0.1) is 14.6 Å². The summed E-state index contributed by atoms with van der Waals surface area (Å²) in [4.78, 5) is 14.2. The first kappa shape index (κ1) is 9.66. The Hall–Kier alpha value is -1.43. The number of carboxylic acids is 1. The lowest BCUT2D eigenvalue weighted by molar-refractivity contribution is 0.0690. The van der Waals surface area contributed by atoms with Crippen LogP contribution >= 0.6 is 0 Å². The average Bonchev–Trinajstić information content (AvgIpc) is 2.03. The van der Waals surface area contributed by atoms with Gasteiger partial charge in [-0.15, -0.1) is 0 Å². The molecule has 70 valence electrons. The maximum atomic E-state index is 11.1. The van der Waals surface area contributed by atoms with Crippen molar-refractivity contribution >= 4 is 15.7 Å². The highest BCUT2D eigenvalue weighted by atomic mass is 32.2. The molecule has 0 aliphatic carbocycles. The predicted octanol–water partition coefficient (Wildman–Crippen LogP) is 0.815. The Labute approximate surface area is 75.4 Å². The van der Waals surface area contributed by atoms with Crippen LogP contribution in [-0.4, -0.2) is 26.5 Å². The van der Waals surface area contributed by atoms with E-state index in [0.717, 1.165) is 6.20 Å². The number of hydrogen-bond donors (Lipinski definition) is 2. The van der Waals surface area contributed by atoms with Gasteiger partial charge in [0.1, 0.15) is 5.69 Å². The fourth-order valence-corrected chi connectivity index (χ4v) is 1.32. The van der Waals surface area contributed by atoms with Gasteiger partial charge in [-0.05, 0) is 12.1 Å². The Balaban J connectivity index is 3.16. The van der Waals surface area contributed by atoms with Crippen LogP contribution in [0.4, 0.5) is 0 Å². The van der Waals surface area contributed by atoms with Crippen molar-refractivity contribution in [2.45, 2.75) is 4.90 Å². The molecule has 1 aromatic rings. The van der Waals surface area contributed by atoms with E-state index in [2.05, 4.69) is 4.98 Å². The van der Waals surface area contributed by atoms with Crippen LogP contribution in [0.2, 0.25) is 0 Å². The molecule has 6 heteroatoms. The summed E-state index contributed by atoms with van der Waals surface area (Å²) in [5.41, 5.74) is -0.118. The zero-order chi connectivity index (χ0) is 10.1. The molecule has 0 amide bonds. The van der Waals surface area contributed by atoms with Gasteiger partial charge in [-0.3, -0.25) is 0 Å². The van der Waals surface area contributed by atoms with E-state index in [-0.39, 0.29) is 10.6 Å². The van der Waals surface area contributed by atoms with Gasteiger partial charge in [-0.25, -0.2) is 18.8 Å². The van der Waals surface area contributed by atoms with Crippen LogP contribution in [0, 0.1) is 4.78 Å². The highest BCUT2D eigenvalue weighted by Gasteiger charge is 2.07. The van der Waals surface area contributed by atoms with Gasteiger partial charge in [-0.1, -0.05) is 0 Å². The van der Waals surface area contributed by atoms with Gasteiger partial charge in [0, 0.05) is 12.5 Å². The fraction of sp³-hybridized carbons (Fsp3) is 0.143. The van der Waals surface area contributed by atoms with Crippen molar-refractivity contribution in [1.82, 2.24) is 4.98 Å². The molecule has 0 bridgehead atoms. The summed E-state index contributed by atoms with van der Waals surface area (Å²) in [6.45, 7) is 0. The Kier molecular flexibility index (Phi) is 2.33. The minimum atomic E-state index is -2.80. The van der Waals surface area contributed by atoms with Gasteiger partial charge in [0.2, 0.25) is 0 Å². The zero-order valence-electron chi connectivity index (χ0n) is 6.85. The number of hydrogen-bond acceptors (Lipinski definition) is 4. The van der Waals surface area contributed by atoms with E-state index in [1.807, 2.05) is 0 Å². The number of rotatable bonds is 2. The molecule has 0 radical (unpaired) electrons. The summed E-state index contributed by atoms with van der Waals surface area (Å²) < 4.78 is 18.3. The van der Waals surface area contributed by atoms with Crippen LogP contribution in [0.3, 0.4) is 0 Å². The van der Waals surface area contributed by atoms with Crippen LogP contribution in [0.5, 0.6) is 0 Å². The number of pyridine rings is 1. The molecule has 1 aromatic heterocycles. The molecule has 0 spiro atoms. The summed E-state index contributed by atoms with van der Waals surface area (Å²) in [5, 5.41) is 8.50. The lowest BCUT2D eigenvalue weighted by Gasteiger charge is -1.99. The van der Waals surface area contributed by atoms with Crippen molar-refractivity contribution in [2.24, 2.45) is 0 Å². The SMILES string of the molecule is CS(=N)(=O)c1ccc(C(=O)O)nc1. The van der Waals surface area contributed by atoms with Gasteiger partial charge >= 0.3 is 5.97 Å². The number of aromatic carboxylic acids is 1. The first-order chi connectivity index (χ1) is 5.91. The largest absolute Gasteiger partial charge is 0.477 e. The first-order valence-electron chi connectivity index (χ1n) is 3.34. The minimum Gasteiger partial charge on any atom is -0.477 e. The van der Waals surface area contributed by atoms with Crippen molar-refractivity contribution in [3.8, 4) is 0 Å². The van der Waals surface area contributed by atoms with E-state index in [0.29, 0.717) is 0 Å². The average molecular weight is 200 g/mol. The Bertz CT molecular complexity index is 422. The molecule has 13 heavy (non-hydrogen) atoms. The summed E-state index contributed by atoms with van der Waals surface area (Å²) in [6, 6.07) is 2.57. The van der Waals surface area contributed by atoms with E-state index >= 15 is 0 Å². The molecule has 1 heterocycles. The smallest absolute Gasteiger partial charge is 0.354 e. The third kappa shape index (κ3) is 2.25. The minimum absolute atomic E-state index is 0.118. The number of nitrogens with zero attached hydrogens (tertiary/aromatic N) is 1. The third-order valence-electron chi connectivity index (χ3n) is 1.41. The molecule has 0 saturated carbocycles. The molecule has 1 rings (SSSR count).